The second-order valence-corrected chi connectivity index (χ2v) is 7.60. The molecule has 1 heterocycles. The minimum absolute atomic E-state index is 0.329. The Morgan fingerprint density at radius 1 is 0.778 bits per heavy atom. The number of ether oxygens (including phenoxy) is 7. The summed E-state index contributed by atoms with van der Waals surface area (Å²) in [6.45, 7) is 4.01. The van der Waals surface area contributed by atoms with Crippen molar-refractivity contribution in [2.45, 2.75) is 58.4 Å². The Morgan fingerprint density at radius 2 is 1.33 bits per heavy atom. The Morgan fingerprint density at radius 3 is 1.86 bits per heavy atom. The van der Waals surface area contributed by atoms with E-state index < -0.39 is 67.2 Å². The largest absolute Gasteiger partial charge is 0.463 e. The van der Waals surface area contributed by atoms with Gasteiger partial charge in [0, 0.05) is 27.7 Å². The molecule has 12 heteroatoms. The molecule has 0 bridgehead atoms. The maximum atomic E-state index is 12.5. The highest BCUT2D eigenvalue weighted by atomic mass is 16.7. The molecule has 0 unspecified atom stereocenters. The maximum Gasteiger partial charge on any atom is 0.373 e. The Labute approximate surface area is 207 Å². The molecular formula is C24H28O12. The van der Waals surface area contributed by atoms with E-state index in [-0.39, 0.29) is 5.76 Å². The fourth-order valence-corrected chi connectivity index (χ4v) is 3.35. The molecule has 196 valence electrons. The fourth-order valence-electron chi connectivity index (χ4n) is 3.35. The average molecular weight is 508 g/mol. The highest BCUT2D eigenvalue weighted by Crippen LogP contribution is 2.31. The second kappa shape index (κ2) is 13.2. The number of methoxy groups -OCH3 is 1. The maximum absolute atomic E-state index is 12.5. The van der Waals surface area contributed by atoms with Crippen LogP contribution in [0.2, 0.25) is 0 Å². The fraction of sp³-hybridized carbons (Fsp3) is 0.458. The molecule has 5 atom stereocenters. The molecule has 1 aliphatic heterocycles. The predicted molar refractivity (Wildman–Crippen MR) is 119 cm³/mol. The third-order valence-corrected chi connectivity index (χ3v) is 4.68. The molecule has 0 radical (unpaired) electrons. The van der Waals surface area contributed by atoms with Crippen LogP contribution in [0.1, 0.15) is 33.3 Å². The molecule has 1 saturated heterocycles. The third kappa shape index (κ3) is 8.38. The van der Waals surface area contributed by atoms with Crippen molar-refractivity contribution in [2.75, 3.05) is 13.7 Å². The summed E-state index contributed by atoms with van der Waals surface area (Å²) in [5.74, 6) is -4.25. The molecule has 1 aromatic carbocycles. The van der Waals surface area contributed by atoms with Crippen LogP contribution >= 0.6 is 0 Å². The second-order valence-electron chi connectivity index (χ2n) is 7.60. The summed E-state index contributed by atoms with van der Waals surface area (Å²) in [5.41, 5.74) is 0.573. The minimum atomic E-state index is -1.57. The van der Waals surface area contributed by atoms with Gasteiger partial charge in [0.1, 0.15) is 12.7 Å². The van der Waals surface area contributed by atoms with Crippen LogP contribution in [0.25, 0.3) is 6.08 Å². The van der Waals surface area contributed by atoms with Gasteiger partial charge < -0.3 is 33.2 Å². The highest BCUT2D eigenvalue weighted by molar-refractivity contribution is 5.91. The zero-order valence-corrected chi connectivity index (χ0v) is 20.5. The van der Waals surface area contributed by atoms with Crippen LogP contribution in [-0.4, -0.2) is 74.3 Å². The van der Waals surface area contributed by atoms with Crippen molar-refractivity contribution < 1.29 is 57.1 Å². The molecule has 1 fully saturated rings. The highest BCUT2D eigenvalue weighted by Gasteiger charge is 2.53. The normalized spacial score (nSPS) is 23.6. The van der Waals surface area contributed by atoms with Gasteiger partial charge in [0.15, 0.2) is 12.2 Å². The van der Waals surface area contributed by atoms with Crippen LogP contribution in [0.3, 0.4) is 0 Å². The van der Waals surface area contributed by atoms with Crippen LogP contribution in [-0.2, 0) is 57.1 Å². The number of hydrogen-bond acceptors (Lipinski definition) is 12. The molecule has 12 nitrogen and oxygen atoms in total. The van der Waals surface area contributed by atoms with E-state index in [0.29, 0.717) is 5.56 Å². The predicted octanol–water partition coefficient (Wildman–Crippen LogP) is 1.30. The minimum Gasteiger partial charge on any atom is -0.463 e. The topological polar surface area (TPSA) is 150 Å². The lowest BCUT2D eigenvalue weighted by atomic mass is 9.98. The van der Waals surface area contributed by atoms with E-state index in [0.717, 1.165) is 34.8 Å². The van der Waals surface area contributed by atoms with Crippen LogP contribution in [0.15, 0.2) is 36.1 Å². The van der Waals surface area contributed by atoms with Gasteiger partial charge in [-0.05, 0) is 11.6 Å². The molecule has 0 saturated carbocycles. The third-order valence-electron chi connectivity index (χ3n) is 4.68. The lowest BCUT2D eigenvalue weighted by Crippen LogP contribution is -2.63. The molecule has 0 N–H and O–H groups in total. The Balaban J connectivity index is 2.54. The van der Waals surface area contributed by atoms with E-state index in [1.165, 1.54) is 6.08 Å². The monoisotopic (exact) mass is 508 g/mol. The van der Waals surface area contributed by atoms with Crippen LogP contribution in [0, 0.1) is 0 Å². The SMILES string of the molecule is COC(=O)/C(=C/c1ccccc1)O[C@@H]1O[C@H](COC(C)=O)[C@@H](OC(C)=O)[C@H](OC(C)=O)[C@H]1OC(C)=O. The molecule has 0 aliphatic carbocycles. The Bertz CT molecular complexity index is 986. The van der Waals surface area contributed by atoms with Crippen molar-refractivity contribution in [1.82, 2.24) is 0 Å². The van der Waals surface area contributed by atoms with Crippen molar-refractivity contribution >= 4 is 35.9 Å². The van der Waals surface area contributed by atoms with E-state index in [1.807, 2.05) is 0 Å². The number of carbonyl (C=O) groups is 5. The molecule has 1 aliphatic rings. The van der Waals surface area contributed by atoms with Crippen LogP contribution < -0.4 is 0 Å². The summed E-state index contributed by atoms with van der Waals surface area (Å²) in [7, 11) is 1.14. The van der Waals surface area contributed by atoms with Crippen LogP contribution in [0.4, 0.5) is 0 Å². The van der Waals surface area contributed by atoms with Crippen molar-refractivity contribution in [3.8, 4) is 0 Å². The first-order valence-electron chi connectivity index (χ1n) is 10.8. The quantitative estimate of drug-likeness (QED) is 0.205. The zero-order chi connectivity index (χ0) is 26.8. The smallest absolute Gasteiger partial charge is 0.373 e. The van der Waals surface area contributed by atoms with Gasteiger partial charge in [-0.1, -0.05) is 30.3 Å². The van der Waals surface area contributed by atoms with E-state index in [4.69, 9.17) is 33.2 Å². The first kappa shape index (κ1) is 28.3. The standard InChI is InChI=1S/C24H28O12/c1-13(25)31-12-19-20(32-14(2)26)21(33-15(3)27)22(34-16(4)28)24(36-19)35-18(23(29)30-5)11-17-9-7-6-8-10-17/h6-11,19-22,24H,12H2,1-5H3/b18-11-/t19-,20-,21+,22-,24-/m1/s1. The number of hydrogen-bond donors (Lipinski definition) is 0. The molecule has 0 spiro atoms. The summed E-state index contributed by atoms with van der Waals surface area (Å²) < 4.78 is 37.4. The lowest BCUT2D eigenvalue weighted by molar-refractivity contribution is -0.299. The molecule has 2 rings (SSSR count). The van der Waals surface area contributed by atoms with Crippen molar-refractivity contribution in [3.63, 3.8) is 0 Å². The summed E-state index contributed by atoms with van der Waals surface area (Å²) in [6.07, 6.45) is -5.72. The number of rotatable bonds is 9. The Hall–Kier alpha value is -3.93. The van der Waals surface area contributed by atoms with Gasteiger partial charge in [-0.15, -0.1) is 0 Å². The summed E-state index contributed by atoms with van der Waals surface area (Å²) in [5, 5.41) is 0. The van der Waals surface area contributed by atoms with Crippen molar-refractivity contribution in [3.05, 3.63) is 41.7 Å². The molecule has 0 amide bonds. The molecule has 0 aromatic heterocycles. The summed E-state index contributed by atoms with van der Waals surface area (Å²) in [6, 6.07) is 8.62. The number of esters is 5. The van der Waals surface area contributed by atoms with Gasteiger partial charge in [0.2, 0.25) is 18.2 Å². The first-order valence-corrected chi connectivity index (χ1v) is 10.8. The van der Waals surface area contributed by atoms with E-state index in [2.05, 4.69) is 0 Å². The molecule has 1 aromatic rings. The molecular weight excluding hydrogens is 480 g/mol. The number of carbonyl (C=O) groups excluding carboxylic acids is 5. The van der Waals surface area contributed by atoms with Gasteiger partial charge in [-0.3, -0.25) is 19.2 Å². The Kier molecular flexibility index (Phi) is 10.4. The molecule has 36 heavy (non-hydrogen) atoms. The van der Waals surface area contributed by atoms with Crippen molar-refractivity contribution in [2.24, 2.45) is 0 Å². The van der Waals surface area contributed by atoms with Gasteiger partial charge in [0.25, 0.3) is 0 Å². The van der Waals surface area contributed by atoms with Gasteiger partial charge in [0.05, 0.1) is 7.11 Å². The van der Waals surface area contributed by atoms with Gasteiger partial charge in [-0.25, -0.2) is 4.79 Å². The zero-order valence-electron chi connectivity index (χ0n) is 20.5. The average Bonchev–Trinajstić information content (AvgIpc) is 2.80. The van der Waals surface area contributed by atoms with E-state index in [1.54, 1.807) is 30.3 Å². The van der Waals surface area contributed by atoms with Crippen LogP contribution in [0.5, 0.6) is 0 Å². The van der Waals surface area contributed by atoms with Gasteiger partial charge >= 0.3 is 29.8 Å². The van der Waals surface area contributed by atoms with E-state index >= 15 is 0 Å². The summed E-state index contributed by atoms with van der Waals surface area (Å²) in [4.78, 5) is 59.6. The number of benzene rings is 1. The van der Waals surface area contributed by atoms with Crippen molar-refractivity contribution in [1.29, 1.82) is 0 Å². The van der Waals surface area contributed by atoms with Gasteiger partial charge in [-0.2, -0.15) is 0 Å². The van der Waals surface area contributed by atoms with E-state index in [9.17, 15) is 24.0 Å². The first-order chi connectivity index (χ1) is 17.0. The lowest BCUT2D eigenvalue weighted by Gasteiger charge is -2.43. The summed E-state index contributed by atoms with van der Waals surface area (Å²) >= 11 is 0.